The SMILES string of the molecule is CC(=O)c1ccc(NC(=O)[C@H](C)OC(=O)c2ccc([N+](=O)[O-])s2)cc1. The number of carbonyl (C=O) groups excluding carboxylic acids is 3. The first-order valence-corrected chi connectivity index (χ1v) is 7.96. The molecule has 0 aliphatic rings. The summed E-state index contributed by atoms with van der Waals surface area (Å²) in [5.41, 5.74) is 0.960. The standard InChI is InChI=1S/C16H14N2O6S/c1-9(19)11-3-5-12(6-4-11)17-15(20)10(2)24-16(21)13-7-8-14(25-13)18(22)23/h3-8,10H,1-2H3,(H,17,20)/t10-/m0/s1. The largest absolute Gasteiger partial charge is 0.448 e. The van der Waals surface area contributed by atoms with E-state index >= 15 is 0 Å². The number of amides is 1. The van der Waals surface area contributed by atoms with Crippen molar-refractivity contribution in [3.05, 3.63) is 57.0 Å². The van der Waals surface area contributed by atoms with Crippen molar-refractivity contribution in [2.24, 2.45) is 0 Å². The zero-order valence-corrected chi connectivity index (χ0v) is 14.2. The van der Waals surface area contributed by atoms with Crippen LogP contribution >= 0.6 is 11.3 Å². The van der Waals surface area contributed by atoms with Gasteiger partial charge in [-0.3, -0.25) is 19.7 Å². The Balaban J connectivity index is 1.95. The second kappa shape index (κ2) is 7.67. The molecule has 130 valence electrons. The molecule has 0 spiro atoms. The van der Waals surface area contributed by atoms with Crippen molar-refractivity contribution in [2.75, 3.05) is 5.32 Å². The molecule has 0 aliphatic heterocycles. The third-order valence-electron chi connectivity index (χ3n) is 3.18. The number of rotatable bonds is 6. The number of nitrogens with one attached hydrogen (secondary N) is 1. The highest BCUT2D eigenvalue weighted by Crippen LogP contribution is 2.24. The maximum atomic E-state index is 12.1. The number of nitro groups is 1. The molecule has 0 saturated carbocycles. The van der Waals surface area contributed by atoms with E-state index in [1.165, 1.54) is 26.0 Å². The number of thiophene rings is 1. The van der Waals surface area contributed by atoms with Gasteiger partial charge in [0.05, 0.1) is 4.92 Å². The second-order valence-corrected chi connectivity index (χ2v) is 6.13. The van der Waals surface area contributed by atoms with Gasteiger partial charge in [0.1, 0.15) is 4.88 Å². The molecule has 0 aliphatic carbocycles. The van der Waals surface area contributed by atoms with Crippen LogP contribution in [-0.4, -0.2) is 28.7 Å². The normalized spacial score (nSPS) is 11.4. The first-order chi connectivity index (χ1) is 11.8. The summed E-state index contributed by atoms with van der Waals surface area (Å²) in [7, 11) is 0. The summed E-state index contributed by atoms with van der Waals surface area (Å²) in [6.07, 6.45) is -1.10. The summed E-state index contributed by atoms with van der Waals surface area (Å²) in [4.78, 5) is 45.2. The van der Waals surface area contributed by atoms with Crippen molar-refractivity contribution in [1.29, 1.82) is 0 Å². The fourth-order valence-electron chi connectivity index (χ4n) is 1.84. The topological polar surface area (TPSA) is 116 Å². The van der Waals surface area contributed by atoms with E-state index in [0.29, 0.717) is 22.6 Å². The summed E-state index contributed by atoms with van der Waals surface area (Å²) in [5, 5.41) is 13.0. The lowest BCUT2D eigenvalue weighted by Crippen LogP contribution is -2.29. The summed E-state index contributed by atoms with van der Waals surface area (Å²) in [6, 6.07) is 8.73. The van der Waals surface area contributed by atoms with Crippen molar-refractivity contribution < 1.29 is 24.0 Å². The molecular formula is C16H14N2O6S. The highest BCUT2D eigenvalue weighted by atomic mass is 32.1. The van der Waals surface area contributed by atoms with Crippen LogP contribution in [0.15, 0.2) is 36.4 Å². The predicted molar refractivity (Wildman–Crippen MR) is 90.9 cm³/mol. The van der Waals surface area contributed by atoms with Crippen LogP contribution < -0.4 is 5.32 Å². The summed E-state index contributed by atoms with van der Waals surface area (Å²) in [6.45, 7) is 2.82. The molecule has 9 heteroatoms. The van der Waals surface area contributed by atoms with Gasteiger partial charge in [-0.2, -0.15) is 0 Å². The number of ether oxygens (including phenoxy) is 1. The summed E-state index contributed by atoms with van der Waals surface area (Å²) in [5.74, 6) is -1.46. The van der Waals surface area contributed by atoms with Crippen LogP contribution in [0.2, 0.25) is 0 Å². The van der Waals surface area contributed by atoms with Crippen LogP contribution in [0.5, 0.6) is 0 Å². The Morgan fingerprint density at radius 2 is 1.80 bits per heavy atom. The molecule has 1 atom stereocenters. The number of esters is 1. The molecule has 0 radical (unpaired) electrons. The van der Waals surface area contributed by atoms with E-state index in [9.17, 15) is 24.5 Å². The van der Waals surface area contributed by atoms with Crippen molar-refractivity contribution in [3.63, 3.8) is 0 Å². The van der Waals surface area contributed by atoms with Crippen molar-refractivity contribution in [2.45, 2.75) is 20.0 Å². The smallest absolute Gasteiger partial charge is 0.349 e. The van der Waals surface area contributed by atoms with E-state index in [1.54, 1.807) is 24.3 Å². The first kappa shape index (κ1) is 18.3. The third kappa shape index (κ3) is 4.70. The van der Waals surface area contributed by atoms with Crippen molar-refractivity contribution in [3.8, 4) is 0 Å². The van der Waals surface area contributed by atoms with Gasteiger partial charge in [0.2, 0.25) is 0 Å². The van der Waals surface area contributed by atoms with E-state index in [-0.39, 0.29) is 15.7 Å². The Bertz CT molecular complexity index is 827. The van der Waals surface area contributed by atoms with Crippen LogP contribution in [0.3, 0.4) is 0 Å². The molecule has 0 saturated heterocycles. The molecule has 1 amide bonds. The van der Waals surface area contributed by atoms with Gasteiger partial charge in [-0.15, -0.1) is 0 Å². The lowest BCUT2D eigenvalue weighted by molar-refractivity contribution is -0.380. The first-order valence-electron chi connectivity index (χ1n) is 7.15. The Hall–Kier alpha value is -3.07. The van der Waals surface area contributed by atoms with Gasteiger partial charge >= 0.3 is 11.0 Å². The molecule has 25 heavy (non-hydrogen) atoms. The van der Waals surface area contributed by atoms with Crippen LogP contribution in [0.25, 0.3) is 0 Å². The molecule has 2 rings (SSSR count). The predicted octanol–water partition coefficient (Wildman–Crippen LogP) is 3.04. The van der Waals surface area contributed by atoms with Crippen LogP contribution in [0.4, 0.5) is 10.7 Å². The van der Waals surface area contributed by atoms with Gasteiger partial charge in [0.15, 0.2) is 11.9 Å². The molecule has 0 bridgehead atoms. The molecule has 1 heterocycles. The number of hydrogen-bond donors (Lipinski definition) is 1. The lowest BCUT2D eigenvalue weighted by atomic mass is 10.1. The molecule has 1 aromatic carbocycles. The number of hydrogen-bond acceptors (Lipinski definition) is 7. The van der Waals surface area contributed by atoms with Crippen molar-refractivity contribution >= 4 is 39.7 Å². The third-order valence-corrected chi connectivity index (χ3v) is 4.20. The Morgan fingerprint density at radius 3 is 2.32 bits per heavy atom. The van der Waals surface area contributed by atoms with E-state index in [0.717, 1.165) is 0 Å². The van der Waals surface area contributed by atoms with Gasteiger partial charge in [-0.25, -0.2) is 4.79 Å². The van der Waals surface area contributed by atoms with E-state index in [4.69, 9.17) is 4.74 Å². The average molecular weight is 362 g/mol. The maximum absolute atomic E-state index is 12.1. The zero-order valence-electron chi connectivity index (χ0n) is 13.3. The monoisotopic (exact) mass is 362 g/mol. The van der Waals surface area contributed by atoms with Crippen LogP contribution in [0, 0.1) is 10.1 Å². The second-order valence-electron chi connectivity index (χ2n) is 5.07. The number of anilines is 1. The fraction of sp³-hybridized carbons (Fsp3) is 0.188. The number of nitrogens with zero attached hydrogens (tertiary/aromatic N) is 1. The molecule has 0 fully saturated rings. The van der Waals surface area contributed by atoms with E-state index in [2.05, 4.69) is 5.32 Å². The van der Waals surface area contributed by atoms with E-state index < -0.39 is 22.9 Å². The number of benzene rings is 1. The molecule has 0 unspecified atom stereocenters. The Kier molecular flexibility index (Phi) is 5.60. The summed E-state index contributed by atoms with van der Waals surface area (Å²) >= 11 is 0.674. The molecule has 8 nitrogen and oxygen atoms in total. The molecule has 1 aromatic heterocycles. The number of carbonyl (C=O) groups is 3. The van der Waals surface area contributed by atoms with Gasteiger partial charge in [-0.05, 0) is 44.2 Å². The summed E-state index contributed by atoms with van der Waals surface area (Å²) < 4.78 is 5.01. The van der Waals surface area contributed by atoms with Crippen LogP contribution in [-0.2, 0) is 9.53 Å². The molecule has 2 aromatic rings. The average Bonchev–Trinajstić information content (AvgIpc) is 3.05. The van der Waals surface area contributed by atoms with Crippen molar-refractivity contribution in [1.82, 2.24) is 0 Å². The number of ketones is 1. The molecule has 1 N–H and O–H groups in total. The van der Waals surface area contributed by atoms with Gasteiger partial charge in [0.25, 0.3) is 5.91 Å². The number of Topliss-reactive ketones (excluding diaryl/α,β-unsaturated/α-hetero) is 1. The molecular weight excluding hydrogens is 348 g/mol. The lowest BCUT2D eigenvalue weighted by Gasteiger charge is -2.13. The van der Waals surface area contributed by atoms with Crippen LogP contribution in [0.1, 0.15) is 33.9 Å². The van der Waals surface area contributed by atoms with E-state index in [1.807, 2.05) is 0 Å². The zero-order chi connectivity index (χ0) is 18.6. The Morgan fingerprint density at radius 1 is 1.16 bits per heavy atom. The van der Waals surface area contributed by atoms with Gasteiger partial charge < -0.3 is 10.1 Å². The maximum Gasteiger partial charge on any atom is 0.349 e. The minimum absolute atomic E-state index is 0.0390. The highest BCUT2D eigenvalue weighted by Gasteiger charge is 2.22. The van der Waals surface area contributed by atoms with Gasteiger partial charge in [-0.1, -0.05) is 11.3 Å². The minimum Gasteiger partial charge on any atom is -0.448 e. The Labute approximate surface area is 146 Å². The minimum atomic E-state index is -1.10. The quantitative estimate of drug-likeness (QED) is 0.365. The highest BCUT2D eigenvalue weighted by molar-refractivity contribution is 7.17. The fourth-order valence-corrected chi connectivity index (χ4v) is 2.54. The van der Waals surface area contributed by atoms with Gasteiger partial charge in [0, 0.05) is 17.3 Å².